The number of hydrogen-bond donors (Lipinski definition) is 1. The highest BCUT2D eigenvalue weighted by Crippen LogP contribution is 2.16. The van der Waals surface area contributed by atoms with E-state index in [1.165, 1.54) is 0 Å². The molecule has 1 N–H and O–H groups in total. The number of aromatic nitrogens is 2. The molecule has 0 radical (unpaired) electrons. The number of thiazole rings is 1. The molecular formula is C12H13N3OS. The second-order valence-corrected chi connectivity index (χ2v) is 4.95. The van der Waals surface area contributed by atoms with Crippen LogP contribution < -0.4 is 5.32 Å². The van der Waals surface area contributed by atoms with Gasteiger partial charge in [-0.15, -0.1) is 11.3 Å². The lowest BCUT2D eigenvalue weighted by atomic mass is 10.2. The number of hydrogen-bond acceptors (Lipinski definition) is 4. The Balaban J connectivity index is 1.99. The summed E-state index contributed by atoms with van der Waals surface area (Å²) in [5.74, 6) is -0.108. The molecule has 2 aromatic rings. The Hall–Kier alpha value is -1.75. The molecule has 0 fully saturated rings. The maximum absolute atomic E-state index is 11.8. The summed E-state index contributed by atoms with van der Waals surface area (Å²) < 4.78 is 0. The molecule has 2 rings (SSSR count). The van der Waals surface area contributed by atoms with Crippen LogP contribution in [0.4, 0.5) is 0 Å². The van der Waals surface area contributed by atoms with Gasteiger partial charge in [0.05, 0.1) is 22.8 Å². The SMILES string of the molecule is Cc1nc(C)c(CNC(=O)c2cccnc2)s1. The van der Waals surface area contributed by atoms with Crippen LogP contribution in [0.2, 0.25) is 0 Å². The third-order valence-electron chi connectivity index (χ3n) is 2.33. The summed E-state index contributed by atoms with van der Waals surface area (Å²) in [5.41, 5.74) is 1.56. The van der Waals surface area contributed by atoms with Crippen LogP contribution in [0.1, 0.15) is 25.9 Å². The van der Waals surface area contributed by atoms with Gasteiger partial charge in [-0.25, -0.2) is 4.98 Å². The Labute approximate surface area is 104 Å². The molecule has 0 aliphatic rings. The van der Waals surface area contributed by atoms with Crippen molar-refractivity contribution in [1.29, 1.82) is 0 Å². The fraction of sp³-hybridized carbons (Fsp3) is 0.250. The third kappa shape index (κ3) is 2.88. The minimum absolute atomic E-state index is 0.108. The predicted molar refractivity (Wildman–Crippen MR) is 67.0 cm³/mol. The summed E-state index contributed by atoms with van der Waals surface area (Å²) in [6.45, 7) is 4.43. The van der Waals surface area contributed by atoms with Gasteiger partial charge in [-0.3, -0.25) is 9.78 Å². The number of nitrogens with zero attached hydrogens (tertiary/aromatic N) is 2. The first kappa shape index (κ1) is 11.7. The van der Waals surface area contributed by atoms with Crippen molar-refractivity contribution in [1.82, 2.24) is 15.3 Å². The van der Waals surface area contributed by atoms with Crippen molar-refractivity contribution in [2.24, 2.45) is 0 Å². The zero-order valence-corrected chi connectivity index (χ0v) is 10.5. The van der Waals surface area contributed by atoms with Gasteiger partial charge in [0.25, 0.3) is 5.91 Å². The molecule has 0 unspecified atom stereocenters. The van der Waals surface area contributed by atoms with Crippen molar-refractivity contribution in [2.45, 2.75) is 20.4 Å². The predicted octanol–water partition coefficient (Wildman–Crippen LogP) is 2.08. The monoisotopic (exact) mass is 247 g/mol. The van der Waals surface area contributed by atoms with E-state index in [4.69, 9.17) is 0 Å². The van der Waals surface area contributed by atoms with Crippen molar-refractivity contribution < 1.29 is 4.79 Å². The normalized spacial score (nSPS) is 10.2. The van der Waals surface area contributed by atoms with Crippen LogP contribution in [0.15, 0.2) is 24.5 Å². The van der Waals surface area contributed by atoms with Gasteiger partial charge in [0, 0.05) is 17.3 Å². The van der Waals surface area contributed by atoms with Crippen molar-refractivity contribution in [3.63, 3.8) is 0 Å². The smallest absolute Gasteiger partial charge is 0.253 e. The maximum Gasteiger partial charge on any atom is 0.253 e. The molecule has 2 aromatic heterocycles. The largest absolute Gasteiger partial charge is 0.347 e. The lowest BCUT2D eigenvalue weighted by Crippen LogP contribution is -2.22. The first-order chi connectivity index (χ1) is 8.16. The molecule has 17 heavy (non-hydrogen) atoms. The second kappa shape index (κ2) is 5.05. The fourth-order valence-corrected chi connectivity index (χ4v) is 2.37. The van der Waals surface area contributed by atoms with Crippen LogP contribution >= 0.6 is 11.3 Å². The van der Waals surface area contributed by atoms with Gasteiger partial charge >= 0.3 is 0 Å². The van der Waals surface area contributed by atoms with E-state index in [0.29, 0.717) is 12.1 Å². The summed E-state index contributed by atoms with van der Waals surface area (Å²) in [7, 11) is 0. The molecule has 0 spiro atoms. The summed E-state index contributed by atoms with van der Waals surface area (Å²) in [4.78, 5) is 21.1. The molecule has 2 heterocycles. The van der Waals surface area contributed by atoms with Crippen molar-refractivity contribution in [3.8, 4) is 0 Å². The van der Waals surface area contributed by atoms with Crippen molar-refractivity contribution in [2.75, 3.05) is 0 Å². The lowest BCUT2D eigenvalue weighted by Gasteiger charge is -2.03. The Morgan fingerprint density at radius 1 is 1.47 bits per heavy atom. The maximum atomic E-state index is 11.8. The zero-order valence-electron chi connectivity index (χ0n) is 9.73. The highest BCUT2D eigenvalue weighted by Gasteiger charge is 2.08. The Bertz CT molecular complexity index is 522. The number of amides is 1. The first-order valence-electron chi connectivity index (χ1n) is 5.28. The van der Waals surface area contributed by atoms with Crippen LogP contribution in [0.25, 0.3) is 0 Å². The van der Waals surface area contributed by atoms with Crippen molar-refractivity contribution >= 4 is 17.2 Å². The first-order valence-corrected chi connectivity index (χ1v) is 6.09. The quantitative estimate of drug-likeness (QED) is 0.903. The molecule has 0 saturated carbocycles. The van der Waals surface area contributed by atoms with E-state index in [9.17, 15) is 4.79 Å². The topological polar surface area (TPSA) is 54.9 Å². The Kier molecular flexibility index (Phi) is 3.49. The Morgan fingerprint density at radius 2 is 2.29 bits per heavy atom. The van der Waals surface area contributed by atoms with Crippen LogP contribution in [-0.2, 0) is 6.54 Å². The zero-order chi connectivity index (χ0) is 12.3. The van der Waals surface area contributed by atoms with Crippen LogP contribution in [0.5, 0.6) is 0 Å². The fourth-order valence-electron chi connectivity index (χ4n) is 1.50. The van der Waals surface area contributed by atoms with Gasteiger partial charge in [0.2, 0.25) is 0 Å². The highest BCUT2D eigenvalue weighted by molar-refractivity contribution is 7.11. The molecule has 0 atom stereocenters. The number of pyridine rings is 1. The number of carbonyl (C=O) groups is 1. The number of nitrogens with one attached hydrogen (secondary N) is 1. The van der Waals surface area contributed by atoms with E-state index in [-0.39, 0.29) is 5.91 Å². The third-order valence-corrected chi connectivity index (χ3v) is 3.41. The van der Waals surface area contributed by atoms with Crippen LogP contribution in [0, 0.1) is 13.8 Å². The molecule has 4 nitrogen and oxygen atoms in total. The minimum Gasteiger partial charge on any atom is -0.347 e. The summed E-state index contributed by atoms with van der Waals surface area (Å²) in [6.07, 6.45) is 3.20. The van der Waals surface area contributed by atoms with E-state index in [1.807, 2.05) is 13.8 Å². The van der Waals surface area contributed by atoms with Gasteiger partial charge in [-0.2, -0.15) is 0 Å². The standard InChI is InChI=1S/C12H13N3OS/c1-8-11(17-9(2)15-8)7-14-12(16)10-4-3-5-13-6-10/h3-6H,7H2,1-2H3,(H,14,16). The summed E-state index contributed by atoms with van der Waals surface area (Å²) in [5, 5.41) is 3.88. The van der Waals surface area contributed by atoms with Gasteiger partial charge in [-0.1, -0.05) is 0 Å². The van der Waals surface area contributed by atoms with Gasteiger partial charge in [0.1, 0.15) is 0 Å². The number of rotatable bonds is 3. The van der Waals surface area contributed by atoms with Crippen LogP contribution in [-0.4, -0.2) is 15.9 Å². The van der Waals surface area contributed by atoms with Crippen molar-refractivity contribution in [3.05, 3.63) is 45.7 Å². The minimum atomic E-state index is -0.108. The number of carbonyl (C=O) groups excluding carboxylic acids is 1. The Morgan fingerprint density at radius 3 is 2.88 bits per heavy atom. The van der Waals surface area contributed by atoms with E-state index >= 15 is 0 Å². The summed E-state index contributed by atoms with van der Waals surface area (Å²) >= 11 is 1.61. The van der Waals surface area contributed by atoms with E-state index in [1.54, 1.807) is 35.9 Å². The number of aryl methyl sites for hydroxylation is 2. The molecule has 0 aliphatic carbocycles. The van der Waals surface area contributed by atoms with Gasteiger partial charge < -0.3 is 5.32 Å². The molecule has 88 valence electrons. The van der Waals surface area contributed by atoms with Crippen LogP contribution in [0.3, 0.4) is 0 Å². The van der Waals surface area contributed by atoms with E-state index in [2.05, 4.69) is 15.3 Å². The molecular weight excluding hydrogens is 234 g/mol. The molecule has 0 aliphatic heterocycles. The second-order valence-electron chi connectivity index (χ2n) is 3.67. The molecule has 1 amide bonds. The highest BCUT2D eigenvalue weighted by atomic mass is 32.1. The van der Waals surface area contributed by atoms with E-state index < -0.39 is 0 Å². The molecule has 0 bridgehead atoms. The van der Waals surface area contributed by atoms with E-state index in [0.717, 1.165) is 15.6 Å². The van der Waals surface area contributed by atoms with Gasteiger partial charge in [0.15, 0.2) is 0 Å². The molecule has 5 heteroatoms. The van der Waals surface area contributed by atoms with Gasteiger partial charge in [-0.05, 0) is 26.0 Å². The lowest BCUT2D eigenvalue weighted by molar-refractivity contribution is 0.0951. The average Bonchev–Trinajstić information content (AvgIpc) is 2.66. The summed E-state index contributed by atoms with van der Waals surface area (Å²) in [6, 6.07) is 3.49. The molecule has 0 aromatic carbocycles. The average molecular weight is 247 g/mol. The molecule has 0 saturated heterocycles.